The van der Waals surface area contributed by atoms with E-state index < -0.39 is 9.84 Å². The number of hydrogen-bond donors (Lipinski definition) is 1. The normalized spacial score (nSPS) is 25.4. The van der Waals surface area contributed by atoms with E-state index in [9.17, 15) is 8.42 Å². The van der Waals surface area contributed by atoms with Crippen molar-refractivity contribution in [2.24, 2.45) is 0 Å². The molecule has 2 heterocycles. The van der Waals surface area contributed by atoms with Crippen LogP contribution in [0.1, 0.15) is 37.4 Å². The largest absolute Gasteiger partial charge is 0.369 e. The summed E-state index contributed by atoms with van der Waals surface area (Å²) >= 11 is 5.96. The van der Waals surface area contributed by atoms with E-state index in [0.29, 0.717) is 29.2 Å². The molecule has 2 fully saturated rings. The number of halogens is 1. The summed E-state index contributed by atoms with van der Waals surface area (Å²) in [6.07, 6.45) is 3.70. The summed E-state index contributed by atoms with van der Waals surface area (Å²) in [5.41, 5.74) is 0. The zero-order valence-electron chi connectivity index (χ0n) is 10.5. The molecule has 19 heavy (non-hydrogen) atoms. The molecular formula is C12H16ClN3O2S. The fraction of sp³-hybridized carbons (Fsp3) is 0.667. The Morgan fingerprint density at radius 1 is 1.32 bits per heavy atom. The van der Waals surface area contributed by atoms with Gasteiger partial charge in [-0.1, -0.05) is 11.6 Å². The van der Waals surface area contributed by atoms with E-state index in [1.54, 1.807) is 6.07 Å². The van der Waals surface area contributed by atoms with Gasteiger partial charge in [-0.15, -0.1) is 0 Å². The van der Waals surface area contributed by atoms with Crippen LogP contribution in [0.4, 0.5) is 5.82 Å². The Morgan fingerprint density at radius 2 is 2.11 bits per heavy atom. The molecule has 0 amide bonds. The van der Waals surface area contributed by atoms with Crippen molar-refractivity contribution in [3.05, 3.63) is 17.0 Å². The monoisotopic (exact) mass is 301 g/mol. The zero-order chi connectivity index (χ0) is 13.5. The first-order valence-corrected chi connectivity index (χ1v) is 8.64. The van der Waals surface area contributed by atoms with E-state index in [4.69, 9.17) is 11.6 Å². The highest BCUT2D eigenvalue weighted by molar-refractivity contribution is 7.92. The van der Waals surface area contributed by atoms with Crippen LogP contribution < -0.4 is 5.32 Å². The topological polar surface area (TPSA) is 72.0 Å². The lowest BCUT2D eigenvalue weighted by Gasteiger charge is -2.12. The Kier molecular flexibility index (Phi) is 3.39. The third-order valence-electron chi connectivity index (χ3n) is 3.63. The molecule has 0 bridgehead atoms. The summed E-state index contributed by atoms with van der Waals surface area (Å²) in [7, 11) is -2.92. The minimum Gasteiger partial charge on any atom is -0.369 e. The van der Waals surface area contributed by atoms with E-state index in [1.165, 1.54) is 0 Å². The summed E-state index contributed by atoms with van der Waals surface area (Å²) in [5.74, 6) is 2.12. The molecule has 1 aliphatic heterocycles. The first-order valence-electron chi connectivity index (χ1n) is 6.54. The van der Waals surface area contributed by atoms with Crippen molar-refractivity contribution < 1.29 is 8.42 Å². The molecule has 0 aromatic carbocycles. The zero-order valence-corrected chi connectivity index (χ0v) is 12.0. The van der Waals surface area contributed by atoms with Gasteiger partial charge in [0.15, 0.2) is 9.84 Å². The molecule has 1 aromatic heterocycles. The Labute approximate surface area is 117 Å². The molecule has 1 saturated heterocycles. The van der Waals surface area contributed by atoms with Crippen LogP contribution in [0.2, 0.25) is 5.15 Å². The van der Waals surface area contributed by atoms with Crippen LogP contribution in [0.5, 0.6) is 0 Å². The van der Waals surface area contributed by atoms with Gasteiger partial charge in [-0.3, -0.25) is 0 Å². The van der Waals surface area contributed by atoms with E-state index in [1.807, 2.05) is 0 Å². The molecule has 0 spiro atoms. The van der Waals surface area contributed by atoms with Crippen LogP contribution in [0.25, 0.3) is 0 Å². The fourth-order valence-electron chi connectivity index (χ4n) is 2.36. The molecule has 1 atom stereocenters. The third kappa shape index (κ3) is 3.00. The van der Waals surface area contributed by atoms with E-state index in [2.05, 4.69) is 15.3 Å². The van der Waals surface area contributed by atoms with E-state index >= 15 is 0 Å². The van der Waals surface area contributed by atoms with Gasteiger partial charge >= 0.3 is 0 Å². The minimum atomic E-state index is -2.92. The second-order valence-corrected chi connectivity index (χ2v) is 8.01. The van der Waals surface area contributed by atoms with Crippen molar-refractivity contribution in [3.63, 3.8) is 0 Å². The molecule has 104 valence electrons. The first kappa shape index (κ1) is 13.1. The Hall–Kier alpha value is -0.880. The lowest BCUT2D eigenvalue weighted by molar-refractivity contribution is 0.591. The number of rotatable bonds is 4. The molecule has 2 aliphatic rings. The van der Waals surface area contributed by atoms with Gasteiger partial charge in [0, 0.05) is 18.5 Å². The number of anilines is 1. The van der Waals surface area contributed by atoms with Crippen LogP contribution in [-0.2, 0) is 9.84 Å². The summed E-state index contributed by atoms with van der Waals surface area (Å²) in [6, 6.07) is 1.65. The highest BCUT2D eigenvalue weighted by atomic mass is 35.5. The van der Waals surface area contributed by atoms with Crippen molar-refractivity contribution in [1.29, 1.82) is 0 Å². The van der Waals surface area contributed by atoms with Gasteiger partial charge in [0.25, 0.3) is 0 Å². The van der Waals surface area contributed by atoms with Crippen LogP contribution in [0, 0.1) is 0 Å². The lowest BCUT2D eigenvalue weighted by atomic mass is 10.2. The van der Waals surface area contributed by atoms with Crippen LogP contribution in [0.3, 0.4) is 0 Å². The highest BCUT2D eigenvalue weighted by Crippen LogP contribution is 2.38. The second kappa shape index (κ2) is 4.90. The molecule has 1 aliphatic carbocycles. The molecular weight excluding hydrogens is 286 g/mol. The molecule has 1 saturated carbocycles. The van der Waals surface area contributed by atoms with Crippen LogP contribution in [0.15, 0.2) is 6.07 Å². The molecule has 1 N–H and O–H groups in total. The van der Waals surface area contributed by atoms with Gasteiger partial charge in [-0.2, -0.15) is 0 Å². The number of nitrogens with zero attached hydrogens (tertiary/aromatic N) is 2. The molecule has 3 rings (SSSR count). The second-order valence-electron chi connectivity index (χ2n) is 5.22. The maximum absolute atomic E-state index is 11.7. The van der Waals surface area contributed by atoms with Crippen molar-refractivity contribution in [2.75, 3.05) is 17.6 Å². The van der Waals surface area contributed by atoms with Gasteiger partial charge in [0.1, 0.15) is 16.8 Å². The average molecular weight is 302 g/mol. The third-order valence-corrected chi connectivity index (χ3v) is 6.10. The summed E-state index contributed by atoms with van der Waals surface area (Å²) in [4.78, 5) is 8.60. The molecule has 7 heteroatoms. The molecule has 5 nitrogen and oxygen atoms in total. The first-order chi connectivity index (χ1) is 9.04. The van der Waals surface area contributed by atoms with Gasteiger partial charge < -0.3 is 5.32 Å². The number of sulfone groups is 1. The summed E-state index contributed by atoms with van der Waals surface area (Å²) in [5, 5.41) is 3.20. The quantitative estimate of drug-likeness (QED) is 0.861. The molecule has 1 unspecified atom stereocenters. The van der Waals surface area contributed by atoms with Crippen molar-refractivity contribution >= 4 is 27.3 Å². The maximum atomic E-state index is 11.7. The van der Waals surface area contributed by atoms with Crippen LogP contribution >= 0.6 is 11.6 Å². The highest BCUT2D eigenvalue weighted by Gasteiger charge is 2.31. The van der Waals surface area contributed by atoms with Crippen LogP contribution in [-0.4, -0.2) is 35.9 Å². The maximum Gasteiger partial charge on any atom is 0.154 e. The van der Waals surface area contributed by atoms with Crippen molar-refractivity contribution in [2.45, 2.75) is 36.9 Å². The Balaban J connectivity index is 1.69. The van der Waals surface area contributed by atoms with Gasteiger partial charge in [0.05, 0.1) is 11.0 Å². The Bertz CT molecular complexity index is 587. The Morgan fingerprint density at radius 3 is 2.74 bits per heavy atom. The predicted molar refractivity (Wildman–Crippen MR) is 74.3 cm³/mol. The van der Waals surface area contributed by atoms with E-state index in [-0.39, 0.29) is 5.25 Å². The number of hydrogen-bond acceptors (Lipinski definition) is 5. The predicted octanol–water partition coefficient (Wildman–Crippen LogP) is 2.00. The smallest absolute Gasteiger partial charge is 0.154 e. The fourth-order valence-corrected chi connectivity index (χ4v) is 4.31. The summed E-state index contributed by atoms with van der Waals surface area (Å²) < 4.78 is 23.5. The van der Waals surface area contributed by atoms with Crippen molar-refractivity contribution in [1.82, 2.24) is 9.97 Å². The summed E-state index contributed by atoms with van der Waals surface area (Å²) in [6.45, 7) is 0.403. The standard InChI is InChI=1S/C12H16ClN3O2S/c13-10-6-11(16-12(15-10)8-3-4-8)14-7-9-2-1-5-19(9,17)18/h6,8-9H,1-5,7H2,(H,14,15,16). The SMILES string of the molecule is O=S1(=O)CCCC1CNc1cc(Cl)nc(C2CC2)n1. The van der Waals surface area contributed by atoms with Crippen molar-refractivity contribution in [3.8, 4) is 0 Å². The minimum absolute atomic E-state index is 0.300. The lowest BCUT2D eigenvalue weighted by Crippen LogP contribution is -2.25. The van der Waals surface area contributed by atoms with Gasteiger partial charge in [-0.25, -0.2) is 18.4 Å². The molecule has 0 radical (unpaired) electrons. The number of aromatic nitrogens is 2. The van der Waals surface area contributed by atoms with Gasteiger partial charge in [0.2, 0.25) is 0 Å². The average Bonchev–Trinajstić information content (AvgIpc) is 3.12. The van der Waals surface area contributed by atoms with Gasteiger partial charge in [-0.05, 0) is 25.7 Å². The van der Waals surface area contributed by atoms with E-state index in [0.717, 1.165) is 31.5 Å². The number of nitrogens with one attached hydrogen (secondary N) is 1. The molecule has 1 aromatic rings.